The van der Waals surface area contributed by atoms with Crippen LogP contribution in [0.15, 0.2) is 28.7 Å². The van der Waals surface area contributed by atoms with Gasteiger partial charge in [0, 0.05) is 41.0 Å². The molecule has 7 heteroatoms. The molecule has 0 saturated heterocycles. The number of amides is 3. The zero-order valence-corrected chi connectivity index (χ0v) is 17.5. The molecule has 0 spiro atoms. The average molecular weight is 438 g/mol. The zero-order valence-electron chi connectivity index (χ0n) is 15.9. The molecule has 3 N–H and O–H groups in total. The number of carbonyl (C=O) groups excluding carboxylic acids is 3. The molecular formula is C20H28BrN3O3. The molecule has 1 aliphatic rings. The number of benzene rings is 1. The lowest BCUT2D eigenvalue weighted by Crippen LogP contribution is -2.44. The van der Waals surface area contributed by atoms with E-state index in [1.807, 2.05) is 13.8 Å². The second kappa shape index (κ2) is 10.4. The molecule has 1 saturated carbocycles. The minimum Gasteiger partial charge on any atom is -0.354 e. The number of halogens is 1. The number of hydrogen-bond donors (Lipinski definition) is 3. The van der Waals surface area contributed by atoms with Crippen molar-refractivity contribution in [3.63, 3.8) is 0 Å². The van der Waals surface area contributed by atoms with Gasteiger partial charge in [0.15, 0.2) is 0 Å². The molecule has 1 aliphatic carbocycles. The third-order valence-electron chi connectivity index (χ3n) is 4.59. The molecule has 2 atom stereocenters. The van der Waals surface area contributed by atoms with Crippen molar-refractivity contribution < 1.29 is 14.4 Å². The highest BCUT2D eigenvalue weighted by Crippen LogP contribution is 2.24. The van der Waals surface area contributed by atoms with Crippen LogP contribution in [0.5, 0.6) is 0 Å². The molecule has 0 bridgehead atoms. The first-order chi connectivity index (χ1) is 12.8. The Bertz CT molecular complexity index is 661. The van der Waals surface area contributed by atoms with Gasteiger partial charge in [-0.25, -0.2) is 0 Å². The molecule has 0 aliphatic heterocycles. The van der Waals surface area contributed by atoms with Gasteiger partial charge >= 0.3 is 0 Å². The molecule has 1 aromatic rings. The fourth-order valence-corrected chi connectivity index (χ4v) is 3.52. The van der Waals surface area contributed by atoms with Crippen LogP contribution in [0.3, 0.4) is 0 Å². The Kier molecular flexibility index (Phi) is 8.28. The lowest BCUT2D eigenvalue weighted by molar-refractivity contribution is -0.128. The Morgan fingerprint density at radius 1 is 1.15 bits per heavy atom. The summed E-state index contributed by atoms with van der Waals surface area (Å²) in [6.45, 7) is 4.18. The smallest absolute Gasteiger partial charge is 0.251 e. The van der Waals surface area contributed by atoms with Crippen LogP contribution in [0.1, 0.15) is 56.3 Å². The molecule has 6 nitrogen and oxygen atoms in total. The molecule has 1 aromatic carbocycles. The first kappa shape index (κ1) is 21.4. The van der Waals surface area contributed by atoms with Gasteiger partial charge in [-0.05, 0) is 57.4 Å². The number of hydrogen-bond acceptors (Lipinski definition) is 3. The van der Waals surface area contributed by atoms with Gasteiger partial charge < -0.3 is 16.0 Å². The molecular weight excluding hydrogens is 410 g/mol. The number of nitrogens with one attached hydrogen (secondary N) is 3. The van der Waals surface area contributed by atoms with E-state index in [2.05, 4.69) is 31.9 Å². The van der Waals surface area contributed by atoms with Gasteiger partial charge in [0.05, 0.1) is 0 Å². The maximum Gasteiger partial charge on any atom is 0.251 e. The normalized spacial score (nSPS) is 19.4. The maximum absolute atomic E-state index is 12.2. The Morgan fingerprint density at radius 3 is 2.52 bits per heavy atom. The summed E-state index contributed by atoms with van der Waals surface area (Å²) in [7, 11) is 0. The van der Waals surface area contributed by atoms with Crippen molar-refractivity contribution in [3.8, 4) is 0 Å². The van der Waals surface area contributed by atoms with E-state index in [0.717, 1.165) is 23.7 Å². The lowest BCUT2D eigenvalue weighted by atomic mass is 9.85. The first-order valence-corrected chi connectivity index (χ1v) is 10.3. The van der Waals surface area contributed by atoms with Gasteiger partial charge in [-0.2, -0.15) is 0 Å². The Morgan fingerprint density at radius 2 is 1.85 bits per heavy atom. The van der Waals surface area contributed by atoms with Gasteiger partial charge in [-0.1, -0.05) is 22.4 Å². The van der Waals surface area contributed by atoms with E-state index < -0.39 is 0 Å². The standard InChI is InChI=1S/C20H28BrN3O3/c1-13(2)23-20(27)15-4-3-5-17(12-15)24-18(25)10-11-22-19(26)14-6-8-16(21)9-7-14/h6-9,13,15,17H,3-5,10-12H2,1-2H3,(H,22,26)(H,23,27)(H,24,25). The van der Waals surface area contributed by atoms with Crippen LogP contribution in [0.25, 0.3) is 0 Å². The predicted octanol–water partition coefficient (Wildman–Crippen LogP) is 2.77. The van der Waals surface area contributed by atoms with Crippen molar-refractivity contribution in [2.75, 3.05) is 6.54 Å². The topological polar surface area (TPSA) is 87.3 Å². The third-order valence-corrected chi connectivity index (χ3v) is 5.11. The Balaban J connectivity index is 1.71. The molecule has 148 valence electrons. The quantitative estimate of drug-likeness (QED) is 0.612. The van der Waals surface area contributed by atoms with Gasteiger partial charge in [-0.3, -0.25) is 14.4 Å². The highest BCUT2D eigenvalue weighted by Gasteiger charge is 2.28. The van der Waals surface area contributed by atoms with Crippen LogP contribution < -0.4 is 16.0 Å². The molecule has 2 rings (SSSR count). The summed E-state index contributed by atoms with van der Waals surface area (Å²) in [5, 5.41) is 8.71. The fraction of sp³-hybridized carbons (Fsp3) is 0.550. The summed E-state index contributed by atoms with van der Waals surface area (Å²) in [5.74, 6) is -0.256. The second-order valence-electron chi connectivity index (χ2n) is 7.30. The molecule has 3 amide bonds. The zero-order chi connectivity index (χ0) is 19.8. The van der Waals surface area contributed by atoms with Crippen LogP contribution >= 0.6 is 15.9 Å². The molecule has 0 aromatic heterocycles. The second-order valence-corrected chi connectivity index (χ2v) is 8.22. The highest BCUT2D eigenvalue weighted by molar-refractivity contribution is 9.10. The SMILES string of the molecule is CC(C)NC(=O)C1CCCC(NC(=O)CCNC(=O)c2ccc(Br)cc2)C1. The van der Waals surface area contributed by atoms with Gasteiger partial charge in [-0.15, -0.1) is 0 Å². The third kappa shape index (κ3) is 7.33. The fourth-order valence-electron chi connectivity index (χ4n) is 3.25. The summed E-state index contributed by atoms with van der Waals surface area (Å²) >= 11 is 3.33. The van der Waals surface area contributed by atoms with Gasteiger partial charge in [0.25, 0.3) is 5.91 Å². The monoisotopic (exact) mass is 437 g/mol. The largest absolute Gasteiger partial charge is 0.354 e. The Labute approximate surface area is 169 Å². The summed E-state index contributed by atoms with van der Waals surface area (Å²) in [6.07, 6.45) is 3.59. The highest BCUT2D eigenvalue weighted by atomic mass is 79.9. The number of rotatable bonds is 7. The van der Waals surface area contributed by atoms with Crippen molar-refractivity contribution in [1.82, 2.24) is 16.0 Å². The average Bonchev–Trinajstić information content (AvgIpc) is 2.61. The summed E-state index contributed by atoms with van der Waals surface area (Å²) in [6, 6.07) is 7.21. The predicted molar refractivity (Wildman–Crippen MR) is 108 cm³/mol. The van der Waals surface area contributed by atoms with Gasteiger partial charge in [0.2, 0.25) is 11.8 Å². The molecule has 2 unspecified atom stereocenters. The van der Waals surface area contributed by atoms with Gasteiger partial charge in [0.1, 0.15) is 0 Å². The van der Waals surface area contributed by atoms with E-state index >= 15 is 0 Å². The van der Waals surface area contributed by atoms with E-state index in [1.165, 1.54) is 0 Å². The molecule has 1 fully saturated rings. The molecule has 27 heavy (non-hydrogen) atoms. The summed E-state index contributed by atoms with van der Waals surface area (Å²) < 4.78 is 0.909. The minimum absolute atomic E-state index is 0.0244. The summed E-state index contributed by atoms with van der Waals surface area (Å²) in [5.41, 5.74) is 0.560. The van der Waals surface area contributed by atoms with Crippen LogP contribution in [0, 0.1) is 5.92 Å². The molecule has 0 heterocycles. The van der Waals surface area contributed by atoms with E-state index in [1.54, 1.807) is 24.3 Å². The van der Waals surface area contributed by atoms with E-state index in [0.29, 0.717) is 12.0 Å². The number of carbonyl (C=O) groups is 3. The van der Waals surface area contributed by atoms with Crippen molar-refractivity contribution in [3.05, 3.63) is 34.3 Å². The van der Waals surface area contributed by atoms with Crippen LogP contribution in [0.2, 0.25) is 0 Å². The molecule has 0 radical (unpaired) electrons. The minimum atomic E-state index is -0.196. The van der Waals surface area contributed by atoms with Crippen LogP contribution in [0.4, 0.5) is 0 Å². The lowest BCUT2D eigenvalue weighted by Gasteiger charge is -2.29. The summed E-state index contributed by atoms with van der Waals surface area (Å²) in [4.78, 5) is 36.4. The van der Waals surface area contributed by atoms with Crippen molar-refractivity contribution in [1.29, 1.82) is 0 Å². The first-order valence-electron chi connectivity index (χ1n) is 9.48. The van der Waals surface area contributed by atoms with Crippen molar-refractivity contribution in [2.45, 2.75) is 58.0 Å². The maximum atomic E-state index is 12.2. The van der Waals surface area contributed by atoms with E-state index in [9.17, 15) is 14.4 Å². The van der Waals surface area contributed by atoms with Crippen LogP contribution in [-0.4, -0.2) is 36.3 Å². The van der Waals surface area contributed by atoms with E-state index in [-0.39, 0.29) is 48.7 Å². The van der Waals surface area contributed by atoms with Crippen molar-refractivity contribution >= 4 is 33.7 Å². The van der Waals surface area contributed by atoms with Crippen LogP contribution in [-0.2, 0) is 9.59 Å². The van der Waals surface area contributed by atoms with Crippen molar-refractivity contribution in [2.24, 2.45) is 5.92 Å². The Hall–Kier alpha value is -1.89. The van der Waals surface area contributed by atoms with E-state index in [4.69, 9.17) is 0 Å².